The summed E-state index contributed by atoms with van der Waals surface area (Å²) in [5, 5.41) is 7.78. The molecule has 9 heteroatoms. The van der Waals surface area contributed by atoms with Gasteiger partial charge in [-0.15, -0.1) is 5.10 Å². The minimum Gasteiger partial charge on any atom is -0.491 e. The number of nitrogens with zero attached hydrogens (tertiary/aromatic N) is 4. The Labute approximate surface area is 147 Å². The Bertz CT molecular complexity index is 809. The largest absolute Gasteiger partial charge is 0.491 e. The molecule has 8 nitrogen and oxygen atoms in total. The van der Waals surface area contributed by atoms with Crippen LogP contribution in [0.1, 0.15) is 19.7 Å². The number of piperazine rings is 1. The van der Waals surface area contributed by atoms with Crippen molar-refractivity contribution < 1.29 is 17.6 Å². The molecule has 1 aromatic heterocycles. The van der Waals surface area contributed by atoms with E-state index in [0.717, 1.165) is 0 Å². The Kier molecular flexibility index (Phi) is 4.96. The maximum Gasteiger partial charge on any atom is 0.318 e. The molecule has 0 aliphatic carbocycles. The number of aromatic nitrogens is 2. The average Bonchev–Trinajstić information content (AvgIpc) is 3.01. The lowest BCUT2D eigenvalue weighted by Gasteiger charge is -2.32. The van der Waals surface area contributed by atoms with E-state index < -0.39 is 10.0 Å². The van der Waals surface area contributed by atoms with Gasteiger partial charge in [-0.3, -0.25) is 0 Å². The first-order chi connectivity index (χ1) is 11.9. The van der Waals surface area contributed by atoms with Crippen molar-refractivity contribution in [1.29, 1.82) is 0 Å². The second kappa shape index (κ2) is 7.01. The number of benzene rings is 1. The third-order valence-electron chi connectivity index (χ3n) is 3.86. The maximum atomic E-state index is 12.8. The van der Waals surface area contributed by atoms with Gasteiger partial charge in [0.2, 0.25) is 15.9 Å². The van der Waals surface area contributed by atoms with Gasteiger partial charge in [-0.25, -0.2) is 8.42 Å². The Morgan fingerprint density at radius 2 is 1.72 bits per heavy atom. The minimum absolute atomic E-state index is 0.0453. The third kappa shape index (κ3) is 3.93. The second-order valence-electron chi connectivity index (χ2n) is 6.13. The summed E-state index contributed by atoms with van der Waals surface area (Å²) in [6.07, 6.45) is 0.0453. The quantitative estimate of drug-likeness (QED) is 0.795. The van der Waals surface area contributed by atoms with Gasteiger partial charge < -0.3 is 14.1 Å². The Hall–Kier alpha value is -2.13. The van der Waals surface area contributed by atoms with Crippen LogP contribution in [0.4, 0.5) is 6.01 Å². The molecule has 0 atom stereocenters. The molecule has 2 heterocycles. The smallest absolute Gasteiger partial charge is 0.318 e. The van der Waals surface area contributed by atoms with Crippen LogP contribution in [-0.2, 0) is 10.0 Å². The van der Waals surface area contributed by atoms with Crippen LogP contribution in [0.5, 0.6) is 5.75 Å². The zero-order valence-corrected chi connectivity index (χ0v) is 15.4. The van der Waals surface area contributed by atoms with Crippen LogP contribution < -0.4 is 9.64 Å². The van der Waals surface area contributed by atoms with Crippen molar-refractivity contribution in [3.63, 3.8) is 0 Å². The van der Waals surface area contributed by atoms with E-state index in [1.54, 1.807) is 31.2 Å². The SMILES string of the molecule is Cc1nnc(N2CCN(S(=O)(=O)c3ccc(OC(C)C)cc3)CC2)o1. The zero-order chi connectivity index (χ0) is 18.0. The highest BCUT2D eigenvalue weighted by atomic mass is 32.2. The lowest BCUT2D eigenvalue weighted by atomic mass is 10.3. The summed E-state index contributed by atoms with van der Waals surface area (Å²) in [6, 6.07) is 6.97. The normalized spacial score (nSPS) is 16.4. The predicted octanol–water partition coefficient (Wildman–Crippen LogP) is 1.68. The second-order valence-corrected chi connectivity index (χ2v) is 8.07. The van der Waals surface area contributed by atoms with Gasteiger partial charge in [-0.1, -0.05) is 5.10 Å². The van der Waals surface area contributed by atoms with Crippen molar-refractivity contribution in [2.75, 3.05) is 31.1 Å². The third-order valence-corrected chi connectivity index (χ3v) is 5.77. The summed E-state index contributed by atoms with van der Waals surface area (Å²) in [6.45, 7) is 7.33. The summed E-state index contributed by atoms with van der Waals surface area (Å²) < 4.78 is 38.0. The number of rotatable bonds is 5. The van der Waals surface area contributed by atoms with Gasteiger partial charge >= 0.3 is 6.01 Å². The van der Waals surface area contributed by atoms with Gasteiger partial charge in [-0.2, -0.15) is 4.31 Å². The van der Waals surface area contributed by atoms with Crippen LogP contribution in [0.15, 0.2) is 33.6 Å². The zero-order valence-electron chi connectivity index (χ0n) is 14.5. The lowest BCUT2D eigenvalue weighted by Crippen LogP contribution is -2.48. The van der Waals surface area contributed by atoms with E-state index in [4.69, 9.17) is 9.15 Å². The van der Waals surface area contributed by atoms with E-state index in [9.17, 15) is 8.42 Å². The highest BCUT2D eigenvalue weighted by Gasteiger charge is 2.30. The summed E-state index contributed by atoms with van der Waals surface area (Å²) in [7, 11) is -3.52. The number of ether oxygens (including phenoxy) is 1. The Morgan fingerprint density at radius 1 is 1.08 bits per heavy atom. The lowest BCUT2D eigenvalue weighted by molar-refractivity contribution is 0.242. The fourth-order valence-electron chi connectivity index (χ4n) is 2.65. The topological polar surface area (TPSA) is 88.8 Å². The van der Waals surface area contributed by atoms with E-state index in [0.29, 0.717) is 43.8 Å². The van der Waals surface area contributed by atoms with Crippen molar-refractivity contribution in [3.05, 3.63) is 30.2 Å². The molecular formula is C16H22N4O4S. The predicted molar refractivity (Wildman–Crippen MR) is 92.2 cm³/mol. The van der Waals surface area contributed by atoms with Crippen molar-refractivity contribution in [2.24, 2.45) is 0 Å². The van der Waals surface area contributed by atoms with Gasteiger partial charge in [0.25, 0.3) is 0 Å². The molecule has 136 valence electrons. The molecule has 3 rings (SSSR count). The fourth-order valence-corrected chi connectivity index (χ4v) is 4.07. The number of sulfonamides is 1. The molecular weight excluding hydrogens is 344 g/mol. The molecule has 0 spiro atoms. The van der Waals surface area contributed by atoms with Gasteiger partial charge in [0, 0.05) is 33.1 Å². The number of anilines is 1. The molecule has 0 amide bonds. The first-order valence-electron chi connectivity index (χ1n) is 8.18. The molecule has 25 heavy (non-hydrogen) atoms. The van der Waals surface area contributed by atoms with Crippen LogP contribution in [0.25, 0.3) is 0 Å². The van der Waals surface area contributed by atoms with Crippen LogP contribution in [0.3, 0.4) is 0 Å². The van der Waals surface area contributed by atoms with Crippen molar-refractivity contribution in [3.8, 4) is 5.75 Å². The molecule has 1 aromatic carbocycles. The van der Waals surface area contributed by atoms with Crippen LogP contribution in [-0.4, -0.2) is 55.2 Å². The van der Waals surface area contributed by atoms with Gasteiger partial charge in [0.15, 0.2) is 0 Å². The molecule has 0 unspecified atom stereocenters. The highest BCUT2D eigenvalue weighted by Crippen LogP contribution is 2.22. The van der Waals surface area contributed by atoms with Crippen molar-refractivity contribution >= 4 is 16.0 Å². The molecule has 0 saturated carbocycles. The standard InChI is InChI=1S/C16H22N4O4S/c1-12(2)23-14-4-6-15(7-5-14)25(21,22)20-10-8-19(9-11-20)16-18-17-13(3)24-16/h4-7,12H,8-11H2,1-3H3. The van der Waals surface area contributed by atoms with Gasteiger partial charge in [0.05, 0.1) is 11.0 Å². The van der Waals surface area contributed by atoms with Crippen molar-refractivity contribution in [2.45, 2.75) is 31.8 Å². The van der Waals surface area contributed by atoms with E-state index in [1.165, 1.54) is 4.31 Å². The Morgan fingerprint density at radius 3 is 2.24 bits per heavy atom. The number of aryl methyl sites for hydroxylation is 1. The maximum absolute atomic E-state index is 12.8. The molecule has 0 bridgehead atoms. The van der Waals surface area contributed by atoms with E-state index in [2.05, 4.69) is 10.2 Å². The first-order valence-corrected chi connectivity index (χ1v) is 9.62. The van der Waals surface area contributed by atoms with E-state index in [1.807, 2.05) is 18.7 Å². The van der Waals surface area contributed by atoms with E-state index in [-0.39, 0.29) is 11.0 Å². The molecule has 2 aromatic rings. The molecule has 0 radical (unpaired) electrons. The van der Waals surface area contributed by atoms with Crippen LogP contribution in [0.2, 0.25) is 0 Å². The molecule has 1 aliphatic rings. The highest BCUT2D eigenvalue weighted by molar-refractivity contribution is 7.89. The Balaban J connectivity index is 1.67. The van der Waals surface area contributed by atoms with Gasteiger partial charge in [-0.05, 0) is 38.1 Å². The fraction of sp³-hybridized carbons (Fsp3) is 0.500. The molecule has 1 aliphatic heterocycles. The molecule has 1 fully saturated rings. The first kappa shape index (κ1) is 17.7. The summed E-state index contributed by atoms with van der Waals surface area (Å²) in [4.78, 5) is 2.16. The van der Waals surface area contributed by atoms with Gasteiger partial charge in [0.1, 0.15) is 5.75 Å². The summed E-state index contributed by atoms with van der Waals surface area (Å²) in [5.74, 6) is 1.15. The van der Waals surface area contributed by atoms with Crippen molar-refractivity contribution in [1.82, 2.24) is 14.5 Å². The van der Waals surface area contributed by atoms with E-state index >= 15 is 0 Å². The van der Waals surface area contributed by atoms with Crippen LogP contribution >= 0.6 is 0 Å². The number of hydrogen-bond acceptors (Lipinski definition) is 7. The summed E-state index contributed by atoms with van der Waals surface area (Å²) >= 11 is 0. The number of hydrogen-bond donors (Lipinski definition) is 0. The molecule has 0 N–H and O–H groups in total. The van der Waals surface area contributed by atoms with Crippen LogP contribution in [0, 0.1) is 6.92 Å². The summed E-state index contributed by atoms with van der Waals surface area (Å²) in [5.41, 5.74) is 0. The average molecular weight is 366 g/mol. The monoisotopic (exact) mass is 366 g/mol. The minimum atomic E-state index is -3.52. The molecule has 1 saturated heterocycles.